The zero-order valence-corrected chi connectivity index (χ0v) is 8.68. The predicted molar refractivity (Wildman–Crippen MR) is 47.9 cm³/mol. The molecule has 1 heterocycles. The molecule has 5 heteroatoms. The zero-order chi connectivity index (χ0) is 9.64. The highest BCUT2D eigenvalue weighted by Gasteiger charge is 2.54. The predicted octanol–water partition coefficient (Wildman–Crippen LogP) is 2.71. The van der Waals surface area contributed by atoms with Crippen molar-refractivity contribution < 1.29 is 8.78 Å². The summed E-state index contributed by atoms with van der Waals surface area (Å²) in [5.41, 5.74) is -0.222. The minimum Gasteiger partial charge on any atom is -0.257 e. The summed E-state index contributed by atoms with van der Waals surface area (Å²) in [5.74, 6) is 0. The summed E-state index contributed by atoms with van der Waals surface area (Å²) in [5, 5.41) is 4.02. The highest BCUT2D eigenvalue weighted by atomic mass is 79.9. The molecule has 1 aromatic heterocycles. The Balaban J connectivity index is 2.40. The van der Waals surface area contributed by atoms with E-state index >= 15 is 0 Å². The van der Waals surface area contributed by atoms with Gasteiger partial charge in [-0.1, -0.05) is 0 Å². The van der Waals surface area contributed by atoms with E-state index in [-0.39, 0.29) is 0 Å². The van der Waals surface area contributed by atoms with Gasteiger partial charge in [0, 0.05) is 5.69 Å². The smallest absolute Gasteiger partial charge is 0.257 e. The molecule has 0 radical (unpaired) electrons. The minimum atomic E-state index is -2.32. The average Bonchev–Trinajstić information content (AvgIpc) is 2.75. The Labute approximate surface area is 83.1 Å². The van der Waals surface area contributed by atoms with Gasteiger partial charge >= 0.3 is 0 Å². The van der Waals surface area contributed by atoms with Crippen LogP contribution in [0.1, 0.15) is 18.5 Å². The second kappa shape index (κ2) is 2.77. The van der Waals surface area contributed by atoms with Crippen LogP contribution in [0.3, 0.4) is 0 Å². The number of halogens is 3. The first-order valence-corrected chi connectivity index (χ1v) is 4.86. The van der Waals surface area contributed by atoms with Crippen molar-refractivity contribution in [2.24, 2.45) is 0 Å². The van der Waals surface area contributed by atoms with E-state index in [1.165, 1.54) is 4.68 Å². The van der Waals surface area contributed by atoms with Crippen LogP contribution in [0.2, 0.25) is 0 Å². The first-order chi connectivity index (χ1) is 6.06. The van der Waals surface area contributed by atoms with Gasteiger partial charge in [-0.3, -0.25) is 4.68 Å². The van der Waals surface area contributed by atoms with Gasteiger partial charge in [0.2, 0.25) is 0 Å². The van der Waals surface area contributed by atoms with Crippen LogP contribution in [-0.4, -0.2) is 16.2 Å². The van der Waals surface area contributed by atoms with Crippen molar-refractivity contribution in [1.82, 2.24) is 9.78 Å². The third-order valence-corrected chi connectivity index (χ3v) is 2.84. The fraction of sp³-hybridized carbons (Fsp3) is 0.625. The van der Waals surface area contributed by atoms with Gasteiger partial charge in [-0.25, -0.2) is 8.78 Å². The number of aromatic nitrogens is 2. The van der Waals surface area contributed by atoms with Crippen LogP contribution in [0, 0.1) is 6.92 Å². The molecule has 1 aliphatic rings. The Morgan fingerprint density at radius 3 is 2.54 bits per heavy atom. The number of hydrogen-bond donors (Lipinski definition) is 0. The van der Waals surface area contributed by atoms with Gasteiger partial charge in [0.1, 0.15) is 10.1 Å². The van der Waals surface area contributed by atoms with Crippen LogP contribution in [0.4, 0.5) is 8.78 Å². The van der Waals surface area contributed by atoms with Gasteiger partial charge in [0.15, 0.2) is 0 Å². The van der Waals surface area contributed by atoms with Crippen molar-refractivity contribution >= 4 is 15.9 Å². The molecule has 0 unspecified atom stereocenters. The van der Waals surface area contributed by atoms with Crippen LogP contribution in [0.25, 0.3) is 0 Å². The van der Waals surface area contributed by atoms with Gasteiger partial charge in [0.05, 0.1) is 0 Å². The average molecular weight is 251 g/mol. The quantitative estimate of drug-likeness (QED) is 0.790. The molecule has 1 aliphatic carbocycles. The van der Waals surface area contributed by atoms with Crippen molar-refractivity contribution in [2.45, 2.75) is 31.7 Å². The van der Waals surface area contributed by atoms with Crippen molar-refractivity contribution in [3.05, 3.63) is 16.4 Å². The van der Waals surface area contributed by atoms with E-state index in [4.69, 9.17) is 0 Å². The molecule has 0 bridgehead atoms. The third-order valence-electron chi connectivity index (χ3n) is 2.45. The lowest BCUT2D eigenvalue weighted by Crippen LogP contribution is -2.27. The fourth-order valence-electron chi connectivity index (χ4n) is 1.54. The maximum absolute atomic E-state index is 12.7. The molecule has 1 aromatic rings. The molecule has 0 saturated heterocycles. The summed E-state index contributed by atoms with van der Waals surface area (Å²) in [6.45, 7) is 1.79. The molecular formula is C8H9BrF2N2. The highest BCUT2D eigenvalue weighted by Crippen LogP contribution is 2.48. The maximum Gasteiger partial charge on any atom is 0.263 e. The molecule has 0 N–H and O–H groups in total. The Bertz CT molecular complexity index is 331. The van der Waals surface area contributed by atoms with E-state index in [0.717, 1.165) is 5.69 Å². The van der Waals surface area contributed by atoms with Crippen molar-refractivity contribution in [2.75, 3.05) is 0 Å². The number of rotatable bonds is 2. The summed E-state index contributed by atoms with van der Waals surface area (Å²) in [6.07, 6.45) is -1.27. The second-order valence-electron chi connectivity index (χ2n) is 3.42. The Morgan fingerprint density at radius 2 is 2.23 bits per heavy atom. The summed E-state index contributed by atoms with van der Waals surface area (Å²) >= 11 is 3.18. The normalized spacial score (nSPS) is 19.5. The Hall–Kier alpha value is -0.450. The molecule has 0 spiro atoms. The lowest BCUT2D eigenvalue weighted by molar-refractivity contribution is 0.0590. The van der Waals surface area contributed by atoms with Gasteiger partial charge in [-0.2, -0.15) is 5.10 Å². The van der Waals surface area contributed by atoms with E-state index in [1.807, 2.05) is 0 Å². The molecule has 1 fully saturated rings. The molecule has 0 amide bonds. The maximum atomic E-state index is 12.7. The van der Waals surface area contributed by atoms with Gasteiger partial charge in [0.25, 0.3) is 6.43 Å². The number of hydrogen-bond acceptors (Lipinski definition) is 1. The number of alkyl halides is 2. The topological polar surface area (TPSA) is 17.8 Å². The van der Waals surface area contributed by atoms with E-state index in [0.29, 0.717) is 17.4 Å². The summed E-state index contributed by atoms with van der Waals surface area (Å²) < 4.78 is 27.4. The van der Waals surface area contributed by atoms with E-state index in [2.05, 4.69) is 21.0 Å². The molecule has 1 saturated carbocycles. The third kappa shape index (κ3) is 1.29. The van der Waals surface area contributed by atoms with Crippen molar-refractivity contribution in [1.29, 1.82) is 0 Å². The zero-order valence-electron chi connectivity index (χ0n) is 7.10. The summed E-state index contributed by atoms with van der Waals surface area (Å²) in [7, 11) is 0. The molecule has 2 rings (SSSR count). The minimum absolute atomic E-state index is 0.527. The number of aryl methyl sites for hydroxylation is 1. The van der Waals surface area contributed by atoms with Crippen molar-refractivity contribution in [3.8, 4) is 0 Å². The molecule has 72 valence electrons. The molecule has 0 atom stereocenters. The first-order valence-electron chi connectivity index (χ1n) is 4.07. The van der Waals surface area contributed by atoms with Crippen LogP contribution < -0.4 is 0 Å². The monoisotopic (exact) mass is 250 g/mol. The fourth-order valence-corrected chi connectivity index (χ4v) is 2.03. The van der Waals surface area contributed by atoms with Crippen LogP contribution in [0.5, 0.6) is 0 Å². The molecule has 0 aliphatic heterocycles. The van der Waals surface area contributed by atoms with Gasteiger partial charge in [-0.15, -0.1) is 0 Å². The van der Waals surface area contributed by atoms with Crippen LogP contribution in [0.15, 0.2) is 10.7 Å². The van der Waals surface area contributed by atoms with Crippen LogP contribution >= 0.6 is 15.9 Å². The molecular weight excluding hydrogens is 242 g/mol. The SMILES string of the molecule is Cc1cc(Br)nn1C1(C(F)F)CC1. The van der Waals surface area contributed by atoms with Gasteiger partial charge < -0.3 is 0 Å². The largest absolute Gasteiger partial charge is 0.263 e. The first kappa shape index (κ1) is 9.12. The van der Waals surface area contributed by atoms with Crippen LogP contribution in [-0.2, 0) is 5.54 Å². The van der Waals surface area contributed by atoms with E-state index in [1.54, 1.807) is 13.0 Å². The molecule has 2 nitrogen and oxygen atoms in total. The summed E-state index contributed by atoms with van der Waals surface area (Å²) in [4.78, 5) is 0. The van der Waals surface area contributed by atoms with E-state index < -0.39 is 12.0 Å². The number of nitrogens with zero attached hydrogens (tertiary/aromatic N) is 2. The molecule has 13 heavy (non-hydrogen) atoms. The molecule has 0 aromatic carbocycles. The van der Waals surface area contributed by atoms with Crippen molar-refractivity contribution in [3.63, 3.8) is 0 Å². The van der Waals surface area contributed by atoms with E-state index in [9.17, 15) is 8.78 Å². The lowest BCUT2D eigenvalue weighted by Gasteiger charge is -2.16. The van der Waals surface area contributed by atoms with Gasteiger partial charge in [-0.05, 0) is 41.8 Å². The highest BCUT2D eigenvalue weighted by molar-refractivity contribution is 9.10. The standard InChI is InChI=1S/C8H9BrF2N2/c1-5-4-6(9)12-13(5)8(2-3-8)7(10)11/h4,7H,2-3H2,1H3. The Kier molecular flexibility index (Phi) is 1.94. The Morgan fingerprint density at radius 1 is 1.62 bits per heavy atom. The second-order valence-corrected chi connectivity index (χ2v) is 4.24. The lowest BCUT2D eigenvalue weighted by atomic mass is 10.3. The summed E-state index contributed by atoms with van der Waals surface area (Å²) in [6, 6.07) is 1.75.